The van der Waals surface area contributed by atoms with Crippen molar-refractivity contribution in [2.45, 2.75) is 26.5 Å². The number of thiazole rings is 1. The van der Waals surface area contributed by atoms with Crippen LogP contribution in [-0.4, -0.2) is 18.6 Å². The molecule has 0 saturated heterocycles. The number of nitrogens with zero attached hydrogens (tertiary/aromatic N) is 1. The second-order valence-corrected chi connectivity index (χ2v) is 5.57. The summed E-state index contributed by atoms with van der Waals surface area (Å²) in [5, 5.41) is 3.95. The topological polar surface area (TPSA) is 34.2 Å². The van der Waals surface area contributed by atoms with Gasteiger partial charge in [-0.2, -0.15) is 8.78 Å². The SMILES string of the molecule is CNC(c1nc(C)c(C)s1)c1ccccc1OC(F)F. The Kier molecular flexibility index (Phi) is 4.67. The molecule has 0 aliphatic rings. The maximum absolute atomic E-state index is 12.5. The molecule has 0 amide bonds. The van der Waals surface area contributed by atoms with Crippen molar-refractivity contribution >= 4 is 11.3 Å². The van der Waals surface area contributed by atoms with Crippen molar-refractivity contribution in [3.05, 3.63) is 45.4 Å². The number of para-hydroxylation sites is 1. The van der Waals surface area contributed by atoms with E-state index in [0.29, 0.717) is 5.56 Å². The normalized spacial score (nSPS) is 12.7. The molecular weight excluding hydrogens is 282 g/mol. The average Bonchev–Trinajstić information content (AvgIpc) is 2.72. The molecule has 0 bridgehead atoms. The number of benzene rings is 1. The van der Waals surface area contributed by atoms with Gasteiger partial charge < -0.3 is 10.1 Å². The molecule has 1 atom stereocenters. The Labute approximate surface area is 120 Å². The lowest BCUT2D eigenvalue weighted by atomic mass is 10.1. The largest absolute Gasteiger partial charge is 0.434 e. The molecule has 1 aromatic carbocycles. The summed E-state index contributed by atoms with van der Waals surface area (Å²) < 4.78 is 29.6. The number of hydrogen-bond donors (Lipinski definition) is 1. The molecule has 1 heterocycles. The Morgan fingerprint density at radius 2 is 1.95 bits per heavy atom. The van der Waals surface area contributed by atoms with Crippen LogP contribution >= 0.6 is 11.3 Å². The molecule has 1 aromatic heterocycles. The van der Waals surface area contributed by atoms with E-state index in [9.17, 15) is 8.78 Å². The van der Waals surface area contributed by atoms with Gasteiger partial charge in [-0.1, -0.05) is 18.2 Å². The highest BCUT2D eigenvalue weighted by atomic mass is 32.1. The number of nitrogens with one attached hydrogen (secondary N) is 1. The van der Waals surface area contributed by atoms with Crippen LogP contribution in [0.4, 0.5) is 8.78 Å². The van der Waals surface area contributed by atoms with Crippen molar-refractivity contribution in [2.75, 3.05) is 7.05 Å². The number of ether oxygens (including phenoxy) is 1. The molecule has 2 aromatic rings. The third-order valence-corrected chi connectivity index (χ3v) is 4.16. The first kappa shape index (κ1) is 14.9. The summed E-state index contributed by atoms with van der Waals surface area (Å²) in [5.74, 6) is 0.173. The standard InChI is InChI=1S/C14H16F2N2OS/c1-8-9(2)20-13(18-8)12(17-3)10-6-4-5-7-11(10)19-14(15)16/h4-7,12,14,17H,1-3H3. The highest BCUT2D eigenvalue weighted by Crippen LogP contribution is 2.33. The number of aryl methyl sites for hydroxylation is 2. The van der Waals surface area contributed by atoms with Crippen LogP contribution in [0.3, 0.4) is 0 Å². The van der Waals surface area contributed by atoms with E-state index in [1.807, 2.05) is 13.8 Å². The second-order valence-electron chi connectivity index (χ2n) is 4.33. The fraction of sp³-hybridized carbons (Fsp3) is 0.357. The summed E-state index contributed by atoms with van der Waals surface area (Å²) in [5.41, 5.74) is 1.61. The minimum atomic E-state index is -2.84. The maximum Gasteiger partial charge on any atom is 0.387 e. The van der Waals surface area contributed by atoms with E-state index in [1.165, 1.54) is 0 Å². The minimum Gasteiger partial charge on any atom is -0.434 e. The molecule has 0 fully saturated rings. The molecule has 0 aliphatic heterocycles. The highest BCUT2D eigenvalue weighted by Gasteiger charge is 2.21. The van der Waals surface area contributed by atoms with Crippen molar-refractivity contribution in [1.29, 1.82) is 0 Å². The average molecular weight is 298 g/mol. The Bertz CT molecular complexity index is 567. The number of alkyl halides is 2. The first-order valence-electron chi connectivity index (χ1n) is 6.18. The van der Waals surface area contributed by atoms with Crippen LogP contribution in [0.15, 0.2) is 24.3 Å². The predicted molar refractivity (Wildman–Crippen MR) is 75.6 cm³/mol. The lowest BCUT2D eigenvalue weighted by Crippen LogP contribution is -2.19. The van der Waals surface area contributed by atoms with Gasteiger partial charge in [-0.15, -0.1) is 11.3 Å². The van der Waals surface area contributed by atoms with Gasteiger partial charge in [0.05, 0.1) is 11.7 Å². The van der Waals surface area contributed by atoms with Crippen molar-refractivity contribution in [3.63, 3.8) is 0 Å². The summed E-state index contributed by atoms with van der Waals surface area (Å²) in [4.78, 5) is 5.61. The molecular formula is C14H16F2N2OS. The molecule has 0 aliphatic carbocycles. The van der Waals surface area contributed by atoms with Crippen LogP contribution in [0, 0.1) is 13.8 Å². The minimum absolute atomic E-state index is 0.173. The first-order valence-corrected chi connectivity index (χ1v) is 6.99. The summed E-state index contributed by atoms with van der Waals surface area (Å²) in [7, 11) is 1.77. The van der Waals surface area contributed by atoms with Gasteiger partial charge in [0.25, 0.3) is 0 Å². The third-order valence-electron chi connectivity index (χ3n) is 3.03. The van der Waals surface area contributed by atoms with Gasteiger partial charge in [-0.05, 0) is 27.0 Å². The van der Waals surface area contributed by atoms with Crippen LogP contribution in [-0.2, 0) is 0 Å². The van der Waals surface area contributed by atoms with E-state index in [-0.39, 0.29) is 11.8 Å². The van der Waals surface area contributed by atoms with Crippen molar-refractivity contribution in [3.8, 4) is 5.75 Å². The van der Waals surface area contributed by atoms with Crippen molar-refractivity contribution < 1.29 is 13.5 Å². The number of rotatable bonds is 5. The van der Waals surface area contributed by atoms with Crippen LogP contribution in [0.5, 0.6) is 5.75 Å². The van der Waals surface area contributed by atoms with Gasteiger partial charge in [0.15, 0.2) is 0 Å². The van der Waals surface area contributed by atoms with E-state index in [0.717, 1.165) is 15.6 Å². The van der Waals surface area contributed by atoms with E-state index in [1.54, 1.807) is 42.6 Å². The molecule has 2 rings (SSSR count). The lowest BCUT2D eigenvalue weighted by Gasteiger charge is -2.18. The molecule has 6 heteroatoms. The molecule has 0 radical (unpaired) electrons. The zero-order chi connectivity index (χ0) is 14.7. The van der Waals surface area contributed by atoms with Crippen LogP contribution in [0.25, 0.3) is 0 Å². The fourth-order valence-electron chi connectivity index (χ4n) is 1.96. The van der Waals surface area contributed by atoms with Gasteiger partial charge >= 0.3 is 6.61 Å². The van der Waals surface area contributed by atoms with E-state index in [2.05, 4.69) is 15.0 Å². The molecule has 20 heavy (non-hydrogen) atoms. The quantitative estimate of drug-likeness (QED) is 0.914. The summed E-state index contributed by atoms with van der Waals surface area (Å²) >= 11 is 1.55. The van der Waals surface area contributed by atoms with Crippen molar-refractivity contribution in [1.82, 2.24) is 10.3 Å². The lowest BCUT2D eigenvalue weighted by molar-refractivity contribution is -0.0506. The van der Waals surface area contributed by atoms with Gasteiger partial charge in [0.1, 0.15) is 10.8 Å². The van der Waals surface area contributed by atoms with Gasteiger partial charge in [0.2, 0.25) is 0 Å². The molecule has 1 unspecified atom stereocenters. The molecule has 0 saturated carbocycles. The van der Waals surface area contributed by atoms with Crippen LogP contribution < -0.4 is 10.1 Å². The zero-order valence-corrected chi connectivity index (χ0v) is 12.3. The third kappa shape index (κ3) is 3.13. The Balaban J connectivity index is 2.41. The number of hydrogen-bond acceptors (Lipinski definition) is 4. The Morgan fingerprint density at radius 1 is 1.25 bits per heavy atom. The van der Waals surface area contributed by atoms with Gasteiger partial charge in [0, 0.05) is 10.4 Å². The van der Waals surface area contributed by atoms with Crippen LogP contribution in [0.1, 0.15) is 27.2 Å². The predicted octanol–water partition coefficient (Wildman–Crippen LogP) is 3.67. The number of aromatic nitrogens is 1. The zero-order valence-electron chi connectivity index (χ0n) is 11.5. The van der Waals surface area contributed by atoms with Gasteiger partial charge in [-0.25, -0.2) is 4.98 Å². The van der Waals surface area contributed by atoms with Gasteiger partial charge in [-0.3, -0.25) is 0 Å². The molecule has 0 spiro atoms. The van der Waals surface area contributed by atoms with E-state index >= 15 is 0 Å². The maximum atomic E-state index is 12.5. The van der Waals surface area contributed by atoms with Crippen molar-refractivity contribution in [2.24, 2.45) is 0 Å². The fourth-order valence-corrected chi connectivity index (χ4v) is 3.01. The molecule has 3 nitrogen and oxygen atoms in total. The molecule has 1 N–H and O–H groups in total. The summed E-state index contributed by atoms with van der Waals surface area (Å²) in [6.07, 6.45) is 0. The smallest absolute Gasteiger partial charge is 0.387 e. The van der Waals surface area contributed by atoms with E-state index < -0.39 is 6.61 Å². The summed E-state index contributed by atoms with van der Waals surface area (Å²) in [6, 6.07) is 6.52. The second kappa shape index (κ2) is 6.28. The monoisotopic (exact) mass is 298 g/mol. The van der Waals surface area contributed by atoms with Crippen LogP contribution in [0.2, 0.25) is 0 Å². The van der Waals surface area contributed by atoms with E-state index in [4.69, 9.17) is 0 Å². The highest BCUT2D eigenvalue weighted by molar-refractivity contribution is 7.11. The number of halogens is 2. The Hall–Kier alpha value is -1.53. The Morgan fingerprint density at radius 3 is 2.50 bits per heavy atom. The summed E-state index contributed by atoms with van der Waals surface area (Å²) in [6.45, 7) is 1.09. The molecule has 108 valence electrons. The first-order chi connectivity index (χ1) is 9.52.